The minimum absolute atomic E-state index is 0. The molecule has 3 nitrogen and oxygen atoms in total. The number of nitrogens with zero attached hydrogens (tertiary/aromatic N) is 1. The molecule has 1 aromatic carbocycles. The van der Waals surface area contributed by atoms with Crippen molar-refractivity contribution < 1.29 is 26.5 Å². The van der Waals surface area contributed by atoms with Crippen molar-refractivity contribution in [2.75, 3.05) is 6.61 Å². The van der Waals surface area contributed by atoms with Gasteiger partial charge in [-0.2, -0.15) is 4.79 Å². The molecule has 2 aromatic rings. The minimum atomic E-state index is -0.420. The highest BCUT2D eigenvalue weighted by Gasteiger charge is 2.18. The number of hydrogen-bond donors (Lipinski definition) is 0. The monoisotopic (exact) mass is 327 g/mol. The van der Waals surface area contributed by atoms with Crippen LogP contribution >= 0.6 is 15.9 Å². The first-order valence-electron chi connectivity index (χ1n) is 5.10. The van der Waals surface area contributed by atoms with Gasteiger partial charge < -0.3 is 17.1 Å². The molecule has 1 heterocycles. The van der Waals surface area contributed by atoms with Gasteiger partial charge in [-0.3, -0.25) is 0 Å². The summed E-state index contributed by atoms with van der Waals surface area (Å²) in [4.78, 5) is 11.7. The van der Waals surface area contributed by atoms with Gasteiger partial charge in [0.15, 0.2) is 12.4 Å². The van der Waals surface area contributed by atoms with Crippen molar-refractivity contribution in [2.45, 2.75) is 0 Å². The first kappa shape index (κ1) is 14.7. The lowest BCUT2D eigenvalue weighted by atomic mass is 10.2. The van der Waals surface area contributed by atoms with Crippen molar-refractivity contribution in [1.82, 2.24) is 0 Å². The van der Waals surface area contributed by atoms with Crippen molar-refractivity contribution in [1.29, 1.82) is 0 Å². The molecule has 0 saturated heterocycles. The molecule has 0 spiro atoms. The van der Waals surface area contributed by atoms with Gasteiger partial charge in [-0.25, -0.2) is 0 Å². The van der Waals surface area contributed by atoms with Crippen LogP contribution in [0.2, 0.25) is 0 Å². The smallest absolute Gasteiger partial charge is 0.602 e. The molecule has 94 valence electrons. The van der Waals surface area contributed by atoms with E-state index in [1.54, 1.807) is 12.4 Å². The topological polar surface area (TPSA) is 30.2 Å². The van der Waals surface area contributed by atoms with Gasteiger partial charge >= 0.3 is 6.09 Å². The van der Waals surface area contributed by atoms with Crippen LogP contribution in [0.25, 0.3) is 10.8 Å². The fourth-order valence-corrected chi connectivity index (χ4v) is 2.10. The molecule has 0 radical (unpaired) electrons. The lowest BCUT2D eigenvalue weighted by Gasteiger charge is -2.00. The van der Waals surface area contributed by atoms with Gasteiger partial charge in [-0.1, -0.05) is 35.4 Å². The Bertz CT molecular complexity index is 586. The van der Waals surface area contributed by atoms with E-state index in [9.17, 15) is 4.79 Å². The van der Waals surface area contributed by atoms with Crippen LogP contribution in [0, 0.1) is 0 Å². The van der Waals surface area contributed by atoms with E-state index < -0.39 is 6.09 Å². The van der Waals surface area contributed by atoms with Crippen LogP contribution in [0.5, 0.6) is 0 Å². The summed E-state index contributed by atoms with van der Waals surface area (Å²) in [7, 11) is 0. The van der Waals surface area contributed by atoms with Crippen molar-refractivity contribution >= 4 is 32.8 Å². The molecule has 5 heteroatoms. The second-order valence-electron chi connectivity index (χ2n) is 3.47. The highest BCUT2D eigenvalue weighted by Crippen LogP contribution is 2.20. The van der Waals surface area contributed by atoms with E-state index >= 15 is 0 Å². The SMILES string of the molecule is C=CCOC(=O)[n+]1cc(Br)c2ccccc2c1.[Cl-]. The Kier molecular flexibility index (Phi) is 5.31. The number of halogens is 2. The van der Waals surface area contributed by atoms with Crippen LogP contribution < -0.4 is 17.0 Å². The van der Waals surface area contributed by atoms with Crippen molar-refractivity contribution in [3.05, 3.63) is 53.8 Å². The van der Waals surface area contributed by atoms with Gasteiger partial charge in [-0.15, -0.1) is 0 Å². The van der Waals surface area contributed by atoms with Crippen molar-refractivity contribution in [2.24, 2.45) is 0 Å². The molecular weight excluding hydrogens is 318 g/mol. The van der Waals surface area contributed by atoms with Gasteiger partial charge in [0.05, 0.1) is 4.47 Å². The van der Waals surface area contributed by atoms with Crippen LogP contribution in [0.15, 0.2) is 53.8 Å². The zero-order valence-electron chi connectivity index (χ0n) is 9.48. The third-order valence-electron chi connectivity index (χ3n) is 2.28. The van der Waals surface area contributed by atoms with Crippen molar-refractivity contribution in [3.63, 3.8) is 0 Å². The highest BCUT2D eigenvalue weighted by molar-refractivity contribution is 9.10. The number of carbonyl (C=O) groups excluding carboxylic acids is 1. The third-order valence-corrected chi connectivity index (χ3v) is 2.92. The molecule has 0 unspecified atom stereocenters. The molecular formula is C13H11BrClNO2. The molecule has 1 aromatic heterocycles. The zero-order valence-corrected chi connectivity index (χ0v) is 11.8. The fourth-order valence-electron chi connectivity index (χ4n) is 1.52. The van der Waals surface area contributed by atoms with E-state index in [0.29, 0.717) is 0 Å². The number of hydrogen-bond acceptors (Lipinski definition) is 2. The van der Waals surface area contributed by atoms with Crippen molar-refractivity contribution in [3.8, 4) is 0 Å². The normalized spacial score (nSPS) is 9.61. The number of fused-ring (bicyclic) bond motifs is 1. The molecule has 0 N–H and O–H groups in total. The largest absolute Gasteiger partial charge is 1.00 e. The number of aromatic nitrogens is 1. The lowest BCUT2D eigenvalue weighted by molar-refractivity contribution is -0.584. The molecule has 0 aliphatic rings. The van der Waals surface area contributed by atoms with Crippen LogP contribution in [0.1, 0.15) is 0 Å². The first-order chi connectivity index (χ1) is 8.22. The predicted octanol–water partition coefficient (Wildman–Crippen LogP) is 0.0645. The van der Waals surface area contributed by atoms with Gasteiger partial charge in [0.1, 0.15) is 6.61 Å². The summed E-state index contributed by atoms with van der Waals surface area (Å²) in [5.41, 5.74) is 0. The second kappa shape index (κ2) is 6.52. The van der Waals surface area contributed by atoms with Gasteiger partial charge in [0.25, 0.3) is 0 Å². The number of carbonyl (C=O) groups is 1. The predicted molar refractivity (Wildman–Crippen MR) is 68.8 cm³/mol. The fraction of sp³-hybridized carbons (Fsp3) is 0.0769. The lowest BCUT2D eigenvalue weighted by Crippen LogP contribution is -3.00. The maximum atomic E-state index is 11.7. The maximum absolute atomic E-state index is 11.7. The zero-order chi connectivity index (χ0) is 12.3. The van der Waals surface area contributed by atoms with E-state index in [1.165, 1.54) is 10.6 Å². The molecule has 0 bridgehead atoms. The van der Waals surface area contributed by atoms with Crippen LogP contribution in [-0.2, 0) is 4.74 Å². The van der Waals surface area contributed by atoms with Gasteiger partial charge in [0, 0.05) is 10.8 Å². The molecule has 0 fully saturated rings. The summed E-state index contributed by atoms with van der Waals surface area (Å²) in [6, 6.07) is 7.80. The van der Waals surface area contributed by atoms with E-state index in [2.05, 4.69) is 22.5 Å². The van der Waals surface area contributed by atoms with E-state index in [0.717, 1.165) is 15.2 Å². The molecule has 0 amide bonds. The first-order valence-corrected chi connectivity index (χ1v) is 5.89. The molecule has 0 saturated carbocycles. The number of rotatable bonds is 2. The second-order valence-corrected chi connectivity index (χ2v) is 4.32. The highest BCUT2D eigenvalue weighted by atomic mass is 79.9. The molecule has 18 heavy (non-hydrogen) atoms. The van der Waals surface area contributed by atoms with Gasteiger partial charge in [0.2, 0.25) is 0 Å². The van der Waals surface area contributed by atoms with Gasteiger partial charge in [-0.05, 0) is 22.0 Å². The Balaban J connectivity index is 0.00000162. The molecule has 2 rings (SSSR count). The molecule has 0 aliphatic heterocycles. The van der Waals surface area contributed by atoms with Crippen LogP contribution in [0.3, 0.4) is 0 Å². The van der Waals surface area contributed by atoms with E-state index in [4.69, 9.17) is 4.74 Å². The summed E-state index contributed by atoms with van der Waals surface area (Å²) < 4.78 is 7.23. The summed E-state index contributed by atoms with van der Waals surface area (Å²) in [5.74, 6) is 0. The Morgan fingerprint density at radius 2 is 2.11 bits per heavy atom. The standard InChI is InChI=1S/C13H11BrNO2.ClH/c1-2-7-17-13(16)15-8-10-5-3-4-6-11(10)12(14)9-15;/h2-6,8-9H,1,7H2;1H/q+1;/p-1. The Labute approximate surface area is 120 Å². The average Bonchev–Trinajstić information content (AvgIpc) is 2.36. The summed E-state index contributed by atoms with van der Waals surface area (Å²) in [6.07, 6.45) is 4.55. The van der Waals surface area contributed by atoms with Crippen LogP contribution in [-0.4, -0.2) is 12.7 Å². The molecule has 0 atom stereocenters. The number of pyridine rings is 1. The number of benzene rings is 1. The average molecular weight is 329 g/mol. The summed E-state index contributed by atoms with van der Waals surface area (Å²) >= 11 is 3.44. The summed E-state index contributed by atoms with van der Waals surface area (Å²) in [5, 5.41) is 2.03. The Hall–Kier alpha value is -1.39. The Morgan fingerprint density at radius 3 is 2.83 bits per heavy atom. The maximum Gasteiger partial charge on any atom is 0.602 e. The van der Waals surface area contributed by atoms with E-state index in [1.807, 2.05) is 24.3 Å². The Morgan fingerprint density at radius 1 is 1.39 bits per heavy atom. The minimum Gasteiger partial charge on any atom is -1.00 e. The molecule has 0 aliphatic carbocycles. The van der Waals surface area contributed by atoms with Crippen LogP contribution in [0.4, 0.5) is 4.79 Å². The quantitative estimate of drug-likeness (QED) is 0.577. The summed E-state index contributed by atoms with van der Waals surface area (Å²) in [6.45, 7) is 3.70. The number of ether oxygens (including phenoxy) is 1. The third kappa shape index (κ3) is 3.09. The van der Waals surface area contributed by atoms with E-state index in [-0.39, 0.29) is 19.0 Å².